The molecule has 2 heterocycles. The Labute approximate surface area is 165 Å². The summed E-state index contributed by atoms with van der Waals surface area (Å²) in [7, 11) is 1.57. The van der Waals surface area contributed by atoms with E-state index in [4.69, 9.17) is 16.3 Å². The molecule has 0 aliphatic carbocycles. The molecule has 0 bridgehead atoms. The monoisotopic (exact) mass is 394 g/mol. The number of para-hydroxylation sites is 3. The van der Waals surface area contributed by atoms with Gasteiger partial charge in [0.25, 0.3) is 5.91 Å². The topological polar surface area (TPSA) is 51.2 Å². The highest BCUT2D eigenvalue weighted by Gasteiger charge is 2.16. The highest BCUT2D eigenvalue weighted by Crippen LogP contribution is 2.33. The van der Waals surface area contributed by atoms with Gasteiger partial charge in [-0.15, -0.1) is 11.3 Å². The lowest BCUT2D eigenvalue weighted by molar-refractivity contribution is 0.102. The number of anilines is 1. The van der Waals surface area contributed by atoms with Crippen molar-refractivity contribution in [3.8, 4) is 16.3 Å². The average Bonchev–Trinajstić information content (AvgIpc) is 3.14. The van der Waals surface area contributed by atoms with Gasteiger partial charge in [0.15, 0.2) is 0 Å². The molecule has 2 aromatic heterocycles. The third-order valence-electron chi connectivity index (χ3n) is 4.14. The van der Waals surface area contributed by atoms with Crippen molar-refractivity contribution in [2.45, 2.75) is 0 Å². The summed E-state index contributed by atoms with van der Waals surface area (Å²) in [5.74, 6) is 0.386. The van der Waals surface area contributed by atoms with Crippen LogP contribution in [0.4, 0.5) is 5.69 Å². The second-order valence-electron chi connectivity index (χ2n) is 5.83. The molecule has 4 nitrogen and oxygen atoms in total. The molecule has 4 rings (SSSR count). The maximum atomic E-state index is 13.1. The van der Waals surface area contributed by atoms with Gasteiger partial charge in [0, 0.05) is 5.39 Å². The van der Waals surface area contributed by atoms with E-state index in [-0.39, 0.29) is 5.91 Å². The summed E-state index contributed by atoms with van der Waals surface area (Å²) in [6.45, 7) is 0. The fourth-order valence-corrected chi connectivity index (χ4v) is 3.88. The molecule has 134 valence electrons. The van der Waals surface area contributed by atoms with Crippen LogP contribution < -0.4 is 10.1 Å². The summed E-state index contributed by atoms with van der Waals surface area (Å²) >= 11 is 7.50. The highest BCUT2D eigenvalue weighted by atomic mass is 35.5. The van der Waals surface area contributed by atoms with E-state index in [0.717, 1.165) is 21.5 Å². The number of nitrogens with one attached hydrogen (secondary N) is 1. The second kappa shape index (κ2) is 7.39. The number of amides is 1. The number of fused-ring (bicyclic) bond motifs is 1. The Morgan fingerprint density at radius 3 is 2.63 bits per heavy atom. The summed E-state index contributed by atoms with van der Waals surface area (Å²) in [5.41, 5.74) is 2.64. The zero-order valence-electron chi connectivity index (χ0n) is 14.4. The normalized spacial score (nSPS) is 10.7. The van der Waals surface area contributed by atoms with Gasteiger partial charge in [0.2, 0.25) is 0 Å². The molecule has 27 heavy (non-hydrogen) atoms. The Morgan fingerprint density at radius 1 is 1.07 bits per heavy atom. The number of hydrogen-bond donors (Lipinski definition) is 1. The first kappa shape index (κ1) is 17.5. The number of halogens is 1. The minimum Gasteiger partial charge on any atom is -0.495 e. The molecular weight excluding hydrogens is 380 g/mol. The van der Waals surface area contributed by atoms with Gasteiger partial charge in [0.05, 0.1) is 38.8 Å². The molecule has 0 saturated carbocycles. The van der Waals surface area contributed by atoms with Crippen LogP contribution in [-0.2, 0) is 0 Å². The maximum absolute atomic E-state index is 13.1. The number of nitrogens with zero attached hydrogens (tertiary/aromatic N) is 1. The Morgan fingerprint density at radius 2 is 1.85 bits per heavy atom. The molecule has 0 saturated heterocycles. The van der Waals surface area contributed by atoms with E-state index in [1.807, 2.05) is 48.5 Å². The van der Waals surface area contributed by atoms with Gasteiger partial charge < -0.3 is 10.1 Å². The van der Waals surface area contributed by atoms with E-state index >= 15 is 0 Å². The summed E-state index contributed by atoms with van der Waals surface area (Å²) in [5, 5.41) is 3.73. The Kier molecular flexibility index (Phi) is 4.79. The lowest BCUT2D eigenvalue weighted by Crippen LogP contribution is -2.13. The molecule has 0 aliphatic heterocycles. The first-order valence-electron chi connectivity index (χ1n) is 8.25. The van der Waals surface area contributed by atoms with Crippen LogP contribution in [0, 0.1) is 0 Å². The SMILES string of the molecule is COc1ccccc1NC(=O)c1cc(-c2ccc(Cl)s2)nc2ccccc12. The van der Waals surface area contributed by atoms with Gasteiger partial charge in [-0.1, -0.05) is 41.9 Å². The van der Waals surface area contributed by atoms with Gasteiger partial charge in [-0.25, -0.2) is 4.98 Å². The minimum atomic E-state index is -0.220. The Hall–Kier alpha value is -2.89. The van der Waals surface area contributed by atoms with Crippen LogP contribution in [0.15, 0.2) is 66.7 Å². The molecule has 1 N–H and O–H groups in total. The van der Waals surface area contributed by atoms with Crippen LogP contribution in [0.2, 0.25) is 4.34 Å². The highest BCUT2D eigenvalue weighted by molar-refractivity contribution is 7.19. The number of pyridine rings is 1. The number of methoxy groups -OCH3 is 1. The van der Waals surface area contributed by atoms with Gasteiger partial charge in [-0.05, 0) is 36.4 Å². The molecule has 1 amide bonds. The first-order valence-corrected chi connectivity index (χ1v) is 9.45. The lowest BCUT2D eigenvalue weighted by Gasteiger charge is -2.12. The summed E-state index contributed by atoms with van der Waals surface area (Å²) in [6.07, 6.45) is 0. The van der Waals surface area contributed by atoms with Crippen LogP contribution in [0.5, 0.6) is 5.75 Å². The number of thiophene rings is 1. The largest absolute Gasteiger partial charge is 0.495 e. The number of hydrogen-bond acceptors (Lipinski definition) is 4. The van der Waals surface area contributed by atoms with Crippen LogP contribution in [0.3, 0.4) is 0 Å². The molecule has 0 unspecified atom stereocenters. The van der Waals surface area contributed by atoms with E-state index < -0.39 is 0 Å². The number of carbonyl (C=O) groups excluding carboxylic acids is 1. The summed E-state index contributed by atoms with van der Waals surface area (Å²) < 4.78 is 6.01. The molecule has 4 aromatic rings. The number of rotatable bonds is 4. The second-order valence-corrected chi connectivity index (χ2v) is 7.55. The van der Waals surface area contributed by atoms with Crippen LogP contribution >= 0.6 is 22.9 Å². The lowest BCUT2D eigenvalue weighted by atomic mass is 10.1. The van der Waals surface area contributed by atoms with Crippen molar-refractivity contribution >= 4 is 45.4 Å². The first-order chi connectivity index (χ1) is 13.2. The zero-order chi connectivity index (χ0) is 18.8. The number of benzene rings is 2. The van der Waals surface area contributed by atoms with Crippen molar-refractivity contribution in [2.24, 2.45) is 0 Å². The third kappa shape index (κ3) is 3.52. The van der Waals surface area contributed by atoms with Gasteiger partial charge >= 0.3 is 0 Å². The average molecular weight is 395 g/mol. The fraction of sp³-hybridized carbons (Fsp3) is 0.0476. The predicted octanol–water partition coefficient (Wildman–Crippen LogP) is 5.88. The number of aromatic nitrogens is 1. The van der Waals surface area contributed by atoms with Crippen LogP contribution in [-0.4, -0.2) is 18.0 Å². The van der Waals surface area contributed by atoms with Gasteiger partial charge in [-0.2, -0.15) is 0 Å². The van der Waals surface area contributed by atoms with Crippen molar-refractivity contribution in [3.05, 3.63) is 76.6 Å². The standard InChI is InChI=1S/C21H15ClN2O2S/c1-26-18-9-5-4-8-16(18)24-21(25)14-12-17(19-10-11-20(22)27-19)23-15-7-3-2-6-13(14)15/h2-12H,1H3,(H,24,25). The number of ether oxygens (including phenoxy) is 1. The predicted molar refractivity (Wildman–Crippen MR) is 111 cm³/mol. The van der Waals surface area contributed by atoms with Gasteiger partial charge in [-0.3, -0.25) is 4.79 Å². The Balaban J connectivity index is 1.81. The minimum absolute atomic E-state index is 0.220. The fourth-order valence-electron chi connectivity index (χ4n) is 2.88. The van der Waals surface area contributed by atoms with Crippen LogP contribution in [0.1, 0.15) is 10.4 Å². The van der Waals surface area contributed by atoms with E-state index in [2.05, 4.69) is 10.3 Å². The zero-order valence-corrected chi connectivity index (χ0v) is 16.0. The van der Waals surface area contributed by atoms with Crippen molar-refractivity contribution in [2.75, 3.05) is 12.4 Å². The molecule has 2 aromatic carbocycles. The molecule has 6 heteroatoms. The molecular formula is C21H15ClN2O2S. The smallest absolute Gasteiger partial charge is 0.256 e. The van der Waals surface area contributed by atoms with Crippen molar-refractivity contribution in [1.29, 1.82) is 0 Å². The number of carbonyl (C=O) groups is 1. The summed E-state index contributed by atoms with van der Waals surface area (Å²) in [6, 6.07) is 20.4. The van der Waals surface area contributed by atoms with E-state index in [0.29, 0.717) is 21.3 Å². The molecule has 0 spiro atoms. The third-order valence-corrected chi connectivity index (χ3v) is 5.40. The molecule has 0 radical (unpaired) electrons. The van der Waals surface area contributed by atoms with E-state index in [1.54, 1.807) is 25.3 Å². The van der Waals surface area contributed by atoms with E-state index in [9.17, 15) is 4.79 Å². The molecule has 0 aliphatic rings. The quantitative estimate of drug-likeness (QED) is 0.470. The van der Waals surface area contributed by atoms with Gasteiger partial charge in [0.1, 0.15) is 5.75 Å². The van der Waals surface area contributed by atoms with E-state index in [1.165, 1.54) is 11.3 Å². The molecule has 0 fully saturated rings. The van der Waals surface area contributed by atoms with Crippen molar-refractivity contribution < 1.29 is 9.53 Å². The Bertz CT molecular complexity index is 1140. The summed E-state index contributed by atoms with van der Waals surface area (Å²) in [4.78, 5) is 18.7. The van der Waals surface area contributed by atoms with Crippen LogP contribution in [0.25, 0.3) is 21.5 Å². The molecule has 0 atom stereocenters. The maximum Gasteiger partial charge on any atom is 0.256 e. The van der Waals surface area contributed by atoms with Crippen molar-refractivity contribution in [3.63, 3.8) is 0 Å². The van der Waals surface area contributed by atoms with Crippen molar-refractivity contribution in [1.82, 2.24) is 4.98 Å².